The largest absolute Gasteiger partial charge is 0.524 e. The van der Waals surface area contributed by atoms with Gasteiger partial charge >= 0.3 is 13.8 Å². The summed E-state index contributed by atoms with van der Waals surface area (Å²) in [5.41, 5.74) is 5.97. The lowest BCUT2D eigenvalue weighted by atomic mass is 10.0. The number of benzene rings is 1. The van der Waals surface area contributed by atoms with Gasteiger partial charge in [-0.05, 0) is 49.0 Å². The molecule has 21 heteroatoms. The molecule has 0 bridgehead atoms. The third kappa shape index (κ3) is 15.5. The number of carbonyl (C=O) groups excluding carboxylic acids is 5. The summed E-state index contributed by atoms with van der Waals surface area (Å²) in [6.45, 7) is 2.51. The maximum absolute atomic E-state index is 13.5. The summed E-state index contributed by atoms with van der Waals surface area (Å²) in [6, 6.07) is -3.16. The Kier molecular flexibility index (Phi) is 18.2. The van der Waals surface area contributed by atoms with Crippen LogP contribution in [-0.2, 0) is 39.8 Å². The molecule has 0 spiro atoms. The van der Waals surface area contributed by atoms with Crippen LogP contribution in [0.3, 0.4) is 0 Å². The minimum Gasteiger partial charge on any atom is -0.480 e. The second-order valence-electron chi connectivity index (χ2n) is 11.2. The van der Waals surface area contributed by atoms with Crippen LogP contribution in [0.5, 0.6) is 5.75 Å². The van der Waals surface area contributed by atoms with Crippen molar-refractivity contribution in [2.24, 2.45) is 11.7 Å². The number of amides is 5. The van der Waals surface area contributed by atoms with E-state index in [1.54, 1.807) is 6.26 Å². The van der Waals surface area contributed by atoms with Crippen molar-refractivity contribution < 1.29 is 63.0 Å². The van der Waals surface area contributed by atoms with E-state index in [2.05, 4.69) is 31.1 Å². The van der Waals surface area contributed by atoms with Gasteiger partial charge in [0.1, 0.15) is 36.0 Å². The van der Waals surface area contributed by atoms with Gasteiger partial charge in [-0.3, -0.25) is 33.8 Å². The van der Waals surface area contributed by atoms with Crippen LogP contribution in [0.15, 0.2) is 24.3 Å². The fourth-order valence-electron chi connectivity index (χ4n) is 4.05. The summed E-state index contributed by atoms with van der Waals surface area (Å²) in [4.78, 5) is 94.3. The van der Waals surface area contributed by atoms with Crippen molar-refractivity contribution in [3.05, 3.63) is 29.8 Å². The molecule has 0 saturated heterocycles. The first-order chi connectivity index (χ1) is 22.8. The van der Waals surface area contributed by atoms with E-state index in [0.29, 0.717) is 11.3 Å². The van der Waals surface area contributed by atoms with Crippen LogP contribution < -0.4 is 36.8 Å². The average molecular weight is 737 g/mol. The Labute approximate surface area is 286 Å². The Morgan fingerprint density at radius 2 is 1.22 bits per heavy atom. The van der Waals surface area contributed by atoms with E-state index in [1.165, 1.54) is 56.8 Å². The number of hydrogen-bond acceptors (Lipinski definition) is 12. The van der Waals surface area contributed by atoms with E-state index in [9.17, 15) is 48.7 Å². The average Bonchev–Trinajstić information content (AvgIpc) is 3.01. The number of aliphatic hydroxyl groups is 2. The first kappa shape index (κ1) is 43.2. The van der Waals surface area contributed by atoms with Crippen molar-refractivity contribution in [3.8, 4) is 5.75 Å². The minimum atomic E-state index is -4.86. The normalized spacial score (nSPS) is 15.1. The molecule has 0 aliphatic heterocycles. The maximum Gasteiger partial charge on any atom is 0.524 e. The molecule has 12 N–H and O–H groups in total. The van der Waals surface area contributed by atoms with Crippen molar-refractivity contribution >= 4 is 55.1 Å². The Balaban J connectivity index is 3.28. The Hall–Kier alpha value is -3.78. The second-order valence-corrected chi connectivity index (χ2v) is 13.3. The van der Waals surface area contributed by atoms with E-state index in [-0.39, 0.29) is 18.6 Å². The molecular formula is C28H45N6O13PS. The van der Waals surface area contributed by atoms with Crippen molar-refractivity contribution in [2.45, 2.75) is 69.9 Å². The van der Waals surface area contributed by atoms with Crippen molar-refractivity contribution in [1.82, 2.24) is 26.6 Å². The minimum absolute atomic E-state index is 0.153. The number of thioether (sulfide) groups is 1. The van der Waals surface area contributed by atoms with Crippen LogP contribution in [0.25, 0.3) is 0 Å². The van der Waals surface area contributed by atoms with Gasteiger partial charge in [-0.1, -0.05) is 26.0 Å². The molecule has 1 aromatic rings. The number of carbonyl (C=O) groups is 6. The molecule has 0 unspecified atom stereocenters. The quantitative estimate of drug-likeness (QED) is 0.0559. The molecule has 5 amide bonds. The molecule has 0 fully saturated rings. The number of aliphatic hydroxyl groups excluding tert-OH is 2. The second kappa shape index (κ2) is 20.7. The van der Waals surface area contributed by atoms with Gasteiger partial charge in [0.05, 0.1) is 19.3 Å². The number of nitrogens with one attached hydrogen (secondary N) is 5. The van der Waals surface area contributed by atoms with Gasteiger partial charge in [0.2, 0.25) is 29.5 Å². The van der Waals surface area contributed by atoms with E-state index >= 15 is 0 Å². The lowest BCUT2D eigenvalue weighted by Gasteiger charge is -2.26. The smallest absolute Gasteiger partial charge is 0.480 e. The van der Waals surface area contributed by atoms with Crippen LogP contribution in [0.2, 0.25) is 0 Å². The fourth-order valence-corrected chi connectivity index (χ4v) is 4.92. The zero-order chi connectivity index (χ0) is 37.5. The standard InChI is InChI=1S/C28H45N6O13PS/c1-14(2)22(28(42)43)34-27(41)21(13-36)33-26(40)20(12-35)32-25(39)19(11-16-5-7-17(8-6-16)47-48(44,45)46)31-24(38)18(9-10-49-4)30-23(37)15(3)29/h5-8,14-15,18-22,35-36H,9-13,29H2,1-4H3,(H,30,37)(H,31,38)(H,32,39)(H,33,40)(H,34,41)(H,42,43)(H2,44,45,46)/t15-,18-,19-,20-,21-,22-/m0/s1. The summed E-state index contributed by atoms with van der Waals surface area (Å²) in [5.74, 6) is -6.25. The number of phosphoric ester groups is 1. The van der Waals surface area contributed by atoms with Gasteiger partial charge < -0.3 is 52.2 Å². The predicted octanol–water partition coefficient (Wildman–Crippen LogP) is -3.05. The lowest BCUT2D eigenvalue weighted by molar-refractivity contribution is -0.144. The summed E-state index contributed by atoms with van der Waals surface area (Å²) in [6.07, 6.45) is 1.66. The summed E-state index contributed by atoms with van der Waals surface area (Å²) >= 11 is 1.39. The Morgan fingerprint density at radius 1 is 0.776 bits per heavy atom. The molecular weight excluding hydrogens is 691 g/mol. The molecule has 0 aromatic heterocycles. The zero-order valence-corrected chi connectivity index (χ0v) is 29.0. The lowest BCUT2D eigenvalue weighted by Crippen LogP contribution is -2.61. The maximum atomic E-state index is 13.5. The SMILES string of the molecule is CSCC[C@H](NC(=O)[C@H](C)N)C(=O)N[C@@H](Cc1ccc(OP(=O)(O)O)cc1)C(=O)N[C@@H](CO)C(=O)N[C@@H](CO)C(=O)N[C@H](C(=O)O)C(C)C. The number of aliphatic carboxylic acids is 1. The fraction of sp³-hybridized carbons (Fsp3) is 0.571. The molecule has 1 aromatic carbocycles. The molecule has 6 atom stereocenters. The van der Waals surface area contributed by atoms with E-state index in [0.717, 1.165) is 0 Å². The van der Waals surface area contributed by atoms with Crippen LogP contribution >= 0.6 is 19.6 Å². The Bertz CT molecular complexity index is 1340. The highest BCUT2D eigenvalue weighted by molar-refractivity contribution is 7.98. The number of phosphoric acid groups is 1. The van der Waals surface area contributed by atoms with Crippen LogP contribution in [0, 0.1) is 5.92 Å². The van der Waals surface area contributed by atoms with Gasteiger partial charge in [0.15, 0.2) is 0 Å². The number of carboxylic acid groups (broad SMARTS) is 1. The molecule has 0 aliphatic carbocycles. The third-order valence-electron chi connectivity index (χ3n) is 6.74. The van der Waals surface area contributed by atoms with Crippen LogP contribution in [0.1, 0.15) is 32.8 Å². The van der Waals surface area contributed by atoms with Crippen LogP contribution in [-0.4, -0.2) is 122 Å². The third-order valence-corrected chi connectivity index (χ3v) is 7.83. The highest BCUT2D eigenvalue weighted by atomic mass is 32.2. The van der Waals surface area contributed by atoms with E-state index < -0.39 is 98.7 Å². The van der Waals surface area contributed by atoms with E-state index in [1.807, 2.05) is 0 Å². The highest BCUT2D eigenvalue weighted by Crippen LogP contribution is 2.37. The zero-order valence-electron chi connectivity index (χ0n) is 27.3. The first-order valence-electron chi connectivity index (χ1n) is 14.9. The van der Waals surface area contributed by atoms with Gasteiger partial charge in [0, 0.05) is 6.42 Å². The Morgan fingerprint density at radius 3 is 1.65 bits per heavy atom. The van der Waals surface area contributed by atoms with Gasteiger partial charge in [-0.15, -0.1) is 0 Å². The van der Waals surface area contributed by atoms with Crippen molar-refractivity contribution in [2.75, 3.05) is 25.2 Å². The molecule has 49 heavy (non-hydrogen) atoms. The molecule has 0 saturated carbocycles. The number of carboxylic acids is 1. The molecule has 276 valence electrons. The molecule has 0 aliphatic rings. The molecule has 19 nitrogen and oxygen atoms in total. The van der Waals surface area contributed by atoms with Gasteiger partial charge in [-0.2, -0.15) is 11.8 Å². The molecule has 0 radical (unpaired) electrons. The van der Waals surface area contributed by atoms with Crippen molar-refractivity contribution in [3.63, 3.8) is 0 Å². The molecule has 0 heterocycles. The van der Waals surface area contributed by atoms with E-state index in [4.69, 9.17) is 15.5 Å². The van der Waals surface area contributed by atoms with Gasteiger partial charge in [-0.25, -0.2) is 9.36 Å². The molecule has 1 rings (SSSR count). The topological polar surface area (TPSA) is 316 Å². The first-order valence-corrected chi connectivity index (χ1v) is 17.8. The monoisotopic (exact) mass is 736 g/mol. The number of rotatable bonds is 21. The van der Waals surface area contributed by atoms with Crippen molar-refractivity contribution in [1.29, 1.82) is 0 Å². The number of hydrogen-bond donors (Lipinski definition) is 11. The summed E-state index contributed by atoms with van der Waals surface area (Å²) in [7, 11) is -4.86. The van der Waals surface area contributed by atoms with Crippen LogP contribution in [0.4, 0.5) is 0 Å². The number of nitrogens with two attached hydrogens (primary N) is 1. The van der Waals surface area contributed by atoms with Gasteiger partial charge in [0.25, 0.3) is 0 Å². The predicted molar refractivity (Wildman–Crippen MR) is 176 cm³/mol. The highest BCUT2D eigenvalue weighted by Gasteiger charge is 2.33. The summed E-state index contributed by atoms with van der Waals surface area (Å²) < 4.78 is 15.7. The summed E-state index contributed by atoms with van der Waals surface area (Å²) in [5, 5.41) is 40.6.